The predicted octanol–water partition coefficient (Wildman–Crippen LogP) is 3.32. The van der Waals surface area contributed by atoms with Gasteiger partial charge in [-0.05, 0) is 55.7 Å². The van der Waals surface area contributed by atoms with E-state index in [1.54, 1.807) is 12.1 Å². The van der Waals surface area contributed by atoms with Crippen LogP contribution < -0.4 is 9.80 Å². The van der Waals surface area contributed by atoms with Crippen LogP contribution in [0.3, 0.4) is 0 Å². The van der Waals surface area contributed by atoms with Crippen molar-refractivity contribution in [3.05, 3.63) is 54.1 Å². The fourth-order valence-corrected chi connectivity index (χ4v) is 4.33. The van der Waals surface area contributed by atoms with Gasteiger partial charge >= 0.3 is 0 Å². The number of halogens is 1. The van der Waals surface area contributed by atoms with Crippen LogP contribution in [-0.2, 0) is 0 Å². The van der Waals surface area contributed by atoms with Crippen LogP contribution in [0.2, 0.25) is 0 Å². The third kappa shape index (κ3) is 3.68. The van der Waals surface area contributed by atoms with Gasteiger partial charge in [0.2, 0.25) is 0 Å². The number of pyridine rings is 1. The topological polar surface area (TPSA) is 22.6 Å². The Labute approximate surface area is 155 Å². The number of aromatic nitrogens is 1. The molecule has 2 fully saturated rings. The van der Waals surface area contributed by atoms with Gasteiger partial charge in [-0.25, -0.2) is 4.39 Å². The fourth-order valence-electron chi connectivity index (χ4n) is 4.33. The molecule has 0 spiro atoms. The molecule has 4 nitrogen and oxygen atoms in total. The molecule has 0 bridgehead atoms. The van der Waals surface area contributed by atoms with E-state index in [4.69, 9.17) is 0 Å². The highest BCUT2D eigenvalue weighted by Crippen LogP contribution is 2.27. The molecule has 2 aliphatic heterocycles. The molecular weight excluding hydrogens is 327 g/mol. The van der Waals surface area contributed by atoms with E-state index in [-0.39, 0.29) is 5.82 Å². The Hall–Kier alpha value is -2.14. The molecular formula is C21H27FN4. The van der Waals surface area contributed by atoms with E-state index < -0.39 is 0 Å². The maximum Gasteiger partial charge on any atom is 0.123 e. The van der Waals surface area contributed by atoms with E-state index >= 15 is 0 Å². The number of piperidine rings is 1. The van der Waals surface area contributed by atoms with Crippen molar-refractivity contribution in [3.8, 4) is 0 Å². The SMILES string of the molecule is Cc1cc(F)ccc1N1CCC(N2CCN(c3cccnc3)CC2)CC1. The lowest BCUT2D eigenvalue weighted by atomic mass is 10.0. The highest BCUT2D eigenvalue weighted by Gasteiger charge is 2.28. The number of hydrogen-bond donors (Lipinski definition) is 0. The van der Waals surface area contributed by atoms with Crippen molar-refractivity contribution in [1.29, 1.82) is 0 Å². The third-order valence-corrected chi connectivity index (χ3v) is 5.81. The van der Waals surface area contributed by atoms with Gasteiger partial charge in [-0.2, -0.15) is 0 Å². The minimum absolute atomic E-state index is 0.146. The first kappa shape index (κ1) is 17.3. The highest BCUT2D eigenvalue weighted by atomic mass is 19.1. The summed E-state index contributed by atoms with van der Waals surface area (Å²) >= 11 is 0. The maximum atomic E-state index is 13.3. The summed E-state index contributed by atoms with van der Waals surface area (Å²) in [6.45, 7) is 8.50. The van der Waals surface area contributed by atoms with Crippen molar-refractivity contribution >= 4 is 11.4 Å². The number of rotatable bonds is 3. The molecule has 0 amide bonds. The first-order chi connectivity index (χ1) is 12.7. The van der Waals surface area contributed by atoms with Crippen LogP contribution in [0.4, 0.5) is 15.8 Å². The summed E-state index contributed by atoms with van der Waals surface area (Å²) in [5.41, 5.74) is 3.45. The molecule has 1 aromatic heterocycles. The lowest BCUT2D eigenvalue weighted by Gasteiger charge is -2.44. The summed E-state index contributed by atoms with van der Waals surface area (Å²) in [5, 5.41) is 0. The van der Waals surface area contributed by atoms with E-state index in [0.29, 0.717) is 6.04 Å². The Kier molecular flexibility index (Phi) is 5.07. The van der Waals surface area contributed by atoms with Crippen molar-refractivity contribution in [2.24, 2.45) is 0 Å². The third-order valence-electron chi connectivity index (χ3n) is 5.81. The summed E-state index contributed by atoms with van der Waals surface area (Å²) in [5.74, 6) is -0.146. The second-order valence-electron chi connectivity index (χ2n) is 7.38. The quantitative estimate of drug-likeness (QED) is 0.843. The van der Waals surface area contributed by atoms with Gasteiger partial charge in [0, 0.05) is 57.2 Å². The van der Waals surface area contributed by atoms with Crippen molar-refractivity contribution < 1.29 is 4.39 Å². The van der Waals surface area contributed by atoms with E-state index in [9.17, 15) is 4.39 Å². The molecule has 138 valence electrons. The van der Waals surface area contributed by atoms with E-state index in [1.165, 1.54) is 24.2 Å². The monoisotopic (exact) mass is 354 g/mol. The molecule has 0 N–H and O–H groups in total. The number of piperazine rings is 1. The highest BCUT2D eigenvalue weighted by molar-refractivity contribution is 5.53. The molecule has 0 aliphatic carbocycles. The molecule has 1 aromatic carbocycles. The van der Waals surface area contributed by atoms with Crippen LogP contribution in [0.25, 0.3) is 0 Å². The number of anilines is 2. The molecule has 2 aliphatic rings. The van der Waals surface area contributed by atoms with Crippen LogP contribution in [0.1, 0.15) is 18.4 Å². The van der Waals surface area contributed by atoms with E-state index in [2.05, 4.69) is 25.8 Å². The van der Waals surface area contributed by atoms with Crippen LogP contribution >= 0.6 is 0 Å². The zero-order chi connectivity index (χ0) is 17.9. The summed E-state index contributed by atoms with van der Waals surface area (Å²) in [6.07, 6.45) is 6.16. The van der Waals surface area contributed by atoms with Gasteiger partial charge in [0.1, 0.15) is 5.82 Å². The van der Waals surface area contributed by atoms with E-state index in [1.807, 2.05) is 31.5 Å². The summed E-state index contributed by atoms with van der Waals surface area (Å²) in [6, 6.07) is 9.96. The Morgan fingerprint density at radius 3 is 2.38 bits per heavy atom. The number of hydrogen-bond acceptors (Lipinski definition) is 4. The molecule has 0 saturated carbocycles. The lowest BCUT2D eigenvalue weighted by Crippen LogP contribution is -2.53. The Morgan fingerprint density at radius 1 is 0.962 bits per heavy atom. The Balaban J connectivity index is 1.30. The number of aryl methyl sites for hydroxylation is 1. The van der Waals surface area contributed by atoms with Crippen molar-refractivity contribution in [1.82, 2.24) is 9.88 Å². The van der Waals surface area contributed by atoms with E-state index in [0.717, 1.165) is 44.8 Å². The maximum absolute atomic E-state index is 13.3. The molecule has 2 aromatic rings. The van der Waals surface area contributed by atoms with Crippen molar-refractivity contribution in [3.63, 3.8) is 0 Å². The average Bonchev–Trinajstić information content (AvgIpc) is 2.69. The largest absolute Gasteiger partial charge is 0.371 e. The summed E-state index contributed by atoms with van der Waals surface area (Å²) < 4.78 is 13.3. The van der Waals surface area contributed by atoms with Crippen molar-refractivity contribution in [2.45, 2.75) is 25.8 Å². The molecule has 0 radical (unpaired) electrons. The van der Waals surface area contributed by atoms with Crippen LogP contribution in [-0.4, -0.2) is 55.2 Å². The van der Waals surface area contributed by atoms with Gasteiger partial charge in [-0.1, -0.05) is 0 Å². The minimum atomic E-state index is -0.146. The van der Waals surface area contributed by atoms with Crippen LogP contribution in [0.15, 0.2) is 42.7 Å². The van der Waals surface area contributed by atoms with Gasteiger partial charge in [0.05, 0.1) is 11.9 Å². The van der Waals surface area contributed by atoms with Gasteiger partial charge in [0.15, 0.2) is 0 Å². The van der Waals surface area contributed by atoms with Gasteiger partial charge < -0.3 is 9.80 Å². The molecule has 26 heavy (non-hydrogen) atoms. The lowest BCUT2D eigenvalue weighted by molar-refractivity contribution is 0.160. The Bertz CT molecular complexity index is 720. The fraction of sp³-hybridized carbons (Fsp3) is 0.476. The average molecular weight is 354 g/mol. The van der Waals surface area contributed by atoms with Gasteiger partial charge in [0.25, 0.3) is 0 Å². The van der Waals surface area contributed by atoms with Gasteiger partial charge in [-0.15, -0.1) is 0 Å². The van der Waals surface area contributed by atoms with Gasteiger partial charge in [-0.3, -0.25) is 9.88 Å². The molecule has 4 rings (SSSR count). The normalized spacial score (nSPS) is 19.8. The zero-order valence-electron chi connectivity index (χ0n) is 15.4. The Morgan fingerprint density at radius 2 is 1.73 bits per heavy atom. The second kappa shape index (κ2) is 7.62. The molecule has 3 heterocycles. The standard InChI is InChI=1S/C21H27FN4/c1-17-15-18(22)4-5-21(17)26-9-6-19(7-10-26)24-11-13-25(14-12-24)20-3-2-8-23-16-20/h2-5,8,15-16,19H,6-7,9-14H2,1H3. The second-order valence-corrected chi connectivity index (χ2v) is 7.38. The first-order valence-electron chi connectivity index (χ1n) is 9.61. The predicted molar refractivity (Wildman–Crippen MR) is 104 cm³/mol. The summed E-state index contributed by atoms with van der Waals surface area (Å²) in [4.78, 5) is 11.7. The van der Waals surface area contributed by atoms with Crippen molar-refractivity contribution in [2.75, 3.05) is 49.1 Å². The summed E-state index contributed by atoms with van der Waals surface area (Å²) in [7, 11) is 0. The molecule has 2 saturated heterocycles. The molecule has 0 unspecified atom stereocenters. The minimum Gasteiger partial charge on any atom is -0.371 e. The molecule has 0 atom stereocenters. The molecule has 5 heteroatoms. The smallest absolute Gasteiger partial charge is 0.123 e. The zero-order valence-corrected chi connectivity index (χ0v) is 15.4. The number of nitrogens with zero attached hydrogens (tertiary/aromatic N) is 4. The number of benzene rings is 1. The first-order valence-corrected chi connectivity index (χ1v) is 9.61. The van der Waals surface area contributed by atoms with Crippen LogP contribution in [0.5, 0.6) is 0 Å². The van der Waals surface area contributed by atoms with Crippen LogP contribution in [0, 0.1) is 12.7 Å².